The second-order valence-corrected chi connectivity index (χ2v) is 14.3. The second-order valence-electron chi connectivity index (χ2n) is 13.5. The number of hydrogen-bond donors (Lipinski definition) is 5. The maximum Gasteiger partial charge on any atom is 0.336 e. The molecule has 3 aromatic rings. The Morgan fingerprint density at radius 1 is 0.963 bits per heavy atom. The number of aliphatic hydroxyl groups is 1. The fourth-order valence-electron chi connectivity index (χ4n) is 6.84. The molecule has 1 atom stereocenters. The Morgan fingerprint density at radius 3 is 2.19 bits per heavy atom. The fraction of sp³-hybridized carbons (Fsp3) is 0.421. The average Bonchev–Trinajstić information content (AvgIpc) is 3.13. The number of carboxylic acid groups (broad SMARTS) is 3. The average molecular weight is 785 g/mol. The van der Waals surface area contributed by atoms with Gasteiger partial charge >= 0.3 is 23.9 Å². The minimum Gasteiger partial charge on any atom is -0.481 e. The minimum atomic E-state index is -2.74. The zero-order chi connectivity index (χ0) is 39.6. The van der Waals surface area contributed by atoms with E-state index in [2.05, 4.69) is 16.3 Å². The number of carbonyl (C=O) groups excluding carboxylic acids is 2. The van der Waals surface area contributed by atoms with Crippen LogP contribution in [-0.4, -0.2) is 123 Å². The van der Waals surface area contributed by atoms with E-state index in [9.17, 15) is 29.2 Å². The molecule has 3 amide bonds. The van der Waals surface area contributed by atoms with E-state index in [0.717, 1.165) is 74.7 Å². The summed E-state index contributed by atoms with van der Waals surface area (Å²) < 4.78 is 0. The van der Waals surface area contributed by atoms with Gasteiger partial charge in [0, 0.05) is 62.7 Å². The van der Waals surface area contributed by atoms with E-state index >= 15 is 0 Å². The van der Waals surface area contributed by atoms with Crippen LogP contribution >= 0.6 is 23.2 Å². The number of likely N-dealkylation sites (N-methyl/N-ethyl adjacent to an activating group) is 1. The predicted octanol–water partition coefficient (Wildman–Crippen LogP) is 4.90. The van der Waals surface area contributed by atoms with Gasteiger partial charge in [0.25, 0.3) is 5.91 Å². The third-order valence-electron chi connectivity index (χ3n) is 9.72. The number of fused-ring (bicyclic) bond motifs is 1. The Morgan fingerprint density at radius 2 is 1.61 bits per heavy atom. The summed E-state index contributed by atoms with van der Waals surface area (Å²) in [6, 6.07) is 19.3. The maximum atomic E-state index is 13.7. The Labute approximate surface area is 322 Å². The van der Waals surface area contributed by atoms with E-state index in [1.54, 1.807) is 17.0 Å². The number of urea groups is 1. The van der Waals surface area contributed by atoms with Crippen molar-refractivity contribution < 1.29 is 44.4 Å². The Bertz CT molecular complexity index is 1900. The number of nitrogens with zero attached hydrogens (tertiary/aromatic N) is 4. The van der Waals surface area contributed by atoms with Gasteiger partial charge in [0.05, 0.1) is 34.5 Å². The molecule has 5 rings (SSSR count). The molecule has 54 heavy (non-hydrogen) atoms. The molecule has 1 unspecified atom stereocenters. The topological polar surface area (TPSA) is 212 Å². The second kappa shape index (κ2) is 18.9. The first-order valence-corrected chi connectivity index (χ1v) is 18.2. The highest BCUT2D eigenvalue weighted by Crippen LogP contribution is 2.31. The summed E-state index contributed by atoms with van der Waals surface area (Å²) >= 11 is 12.6. The first-order chi connectivity index (χ1) is 25.6. The number of carboxylic acids is 3. The van der Waals surface area contributed by atoms with Crippen molar-refractivity contribution in [2.75, 3.05) is 46.3 Å². The van der Waals surface area contributed by atoms with Gasteiger partial charge in [0.15, 0.2) is 5.60 Å². The predicted molar refractivity (Wildman–Crippen MR) is 201 cm³/mol. The zero-order valence-electron chi connectivity index (χ0n) is 29.7. The highest BCUT2D eigenvalue weighted by atomic mass is 35.5. The highest BCUT2D eigenvalue weighted by molar-refractivity contribution is 6.42. The third-order valence-corrected chi connectivity index (χ3v) is 10.5. The first-order valence-electron chi connectivity index (χ1n) is 17.4. The summed E-state index contributed by atoms with van der Waals surface area (Å²) in [5, 5.41) is 48.9. The smallest absolute Gasteiger partial charge is 0.336 e. The van der Waals surface area contributed by atoms with Crippen LogP contribution in [0.2, 0.25) is 10.0 Å². The number of rotatable bonds is 13. The summed E-state index contributed by atoms with van der Waals surface area (Å²) in [6.07, 6.45) is 1.49. The van der Waals surface area contributed by atoms with Gasteiger partial charge in [-0.2, -0.15) is 5.26 Å². The number of amides is 3. The lowest BCUT2D eigenvalue weighted by molar-refractivity contribution is -0.170. The molecule has 16 heteroatoms. The molecule has 0 radical (unpaired) electrons. The molecule has 5 N–H and O–H groups in total. The molecule has 0 aliphatic carbocycles. The zero-order valence-corrected chi connectivity index (χ0v) is 31.2. The summed E-state index contributed by atoms with van der Waals surface area (Å²) in [4.78, 5) is 62.7. The van der Waals surface area contributed by atoms with Crippen molar-refractivity contribution in [2.24, 2.45) is 0 Å². The van der Waals surface area contributed by atoms with Crippen LogP contribution in [0.25, 0.3) is 10.8 Å². The van der Waals surface area contributed by atoms with Crippen LogP contribution < -0.4 is 5.32 Å². The monoisotopic (exact) mass is 783 g/mol. The summed E-state index contributed by atoms with van der Waals surface area (Å²) in [5.74, 6) is -5.06. The molecule has 2 fully saturated rings. The molecule has 2 saturated heterocycles. The van der Waals surface area contributed by atoms with Crippen LogP contribution in [-0.2, 0) is 14.4 Å². The number of likely N-dealkylation sites (tertiary alicyclic amines) is 1. The molecule has 0 saturated carbocycles. The Hall–Kier alpha value is -4.94. The summed E-state index contributed by atoms with van der Waals surface area (Å²) in [7, 11) is 1.83. The van der Waals surface area contributed by atoms with Gasteiger partial charge in [0.2, 0.25) is 0 Å². The summed E-state index contributed by atoms with van der Waals surface area (Å²) in [6.45, 7) is 4.87. The van der Waals surface area contributed by atoms with Crippen LogP contribution in [0.3, 0.4) is 0 Å². The fourth-order valence-corrected chi connectivity index (χ4v) is 7.14. The highest BCUT2D eigenvalue weighted by Gasteiger charge is 2.41. The lowest BCUT2D eigenvalue weighted by Gasteiger charge is -2.40. The van der Waals surface area contributed by atoms with Gasteiger partial charge < -0.3 is 40.4 Å². The van der Waals surface area contributed by atoms with Crippen LogP contribution in [0.15, 0.2) is 54.6 Å². The molecule has 288 valence electrons. The van der Waals surface area contributed by atoms with Crippen LogP contribution in [0.5, 0.6) is 0 Å². The lowest BCUT2D eigenvalue weighted by Crippen LogP contribution is -2.54. The molecular weight excluding hydrogens is 741 g/mol. The number of aliphatic carboxylic acids is 3. The van der Waals surface area contributed by atoms with Crippen molar-refractivity contribution in [3.8, 4) is 6.07 Å². The van der Waals surface area contributed by atoms with Crippen LogP contribution in [0.4, 0.5) is 4.79 Å². The normalized spacial score (nSPS) is 15.7. The molecule has 14 nitrogen and oxygen atoms in total. The molecule has 3 aromatic carbocycles. The standard InChI is InChI=1S/C32H35Cl2N5O2.C6H8O7/c1-37(31(40)28-9-7-23(20-35)26-5-2-3-6-27(26)28)21-24(22-8-10-29(33)30(34)19-22)11-16-38-17-12-25(13-18-38)39-15-4-14-36-32(39)41;7-3(8)1-6(13,5(11)12)2-4(9)10/h2-3,5-10,19,24-25H,4,11-18,21H2,1H3,(H,36,41);13H,1-2H2,(H,7,8)(H,9,10)(H,11,12). The van der Waals surface area contributed by atoms with Crippen molar-refractivity contribution in [1.29, 1.82) is 5.26 Å². The molecule has 0 bridgehead atoms. The SMILES string of the molecule is CN(CC(CCN1CCC(N2CCCNC2=O)CC1)c1ccc(Cl)c(Cl)c1)C(=O)c1ccc(C#N)c2ccccc12.O=C(O)CC(O)(CC(=O)O)C(=O)O. The quantitative estimate of drug-likeness (QED) is 0.157. The molecular formula is C38H43Cl2N5O9. The van der Waals surface area contributed by atoms with Gasteiger partial charge in [-0.3, -0.25) is 14.4 Å². The van der Waals surface area contributed by atoms with Gasteiger partial charge in [-0.05, 0) is 67.4 Å². The number of carbonyl (C=O) groups is 5. The number of halogens is 2. The van der Waals surface area contributed by atoms with E-state index in [-0.39, 0.29) is 17.9 Å². The number of nitrogens with one attached hydrogen (secondary N) is 1. The summed E-state index contributed by atoms with van der Waals surface area (Å²) in [5.41, 5.74) is -0.557. The lowest BCUT2D eigenvalue weighted by atomic mass is 9.93. The van der Waals surface area contributed by atoms with Crippen LogP contribution in [0, 0.1) is 11.3 Å². The number of piperidine rings is 1. The maximum absolute atomic E-state index is 13.7. The number of nitriles is 1. The van der Waals surface area contributed by atoms with Gasteiger partial charge in [-0.1, -0.05) is 53.5 Å². The van der Waals surface area contributed by atoms with E-state index in [1.807, 2.05) is 54.4 Å². The minimum absolute atomic E-state index is 0.0500. The largest absolute Gasteiger partial charge is 0.481 e. The van der Waals surface area contributed by atoms with Crippen molar-refractivity contribution in [2.45, 2.75) is 56.1 Å². The molecule has 0 aromatic heterocycles. The third kappa shape index (κ3) is 10.8. The Kier molecular flexibility index (Phi) is 14.6. The molecule has 0 spiro atoms. The first kappa shape index (κ1) is 41.8. The molecule has 2 heterocycles. The molecule has 2 aliphatic heterocycles. The van der Waals surface area contributed by atoms with Gasteiger partial charge in [0.1, 0.15) is 0 Å². The molecule has 2 aliphatic rings. The van der Waals surface area contributed by atoms with E-state index < -0.39 is 36.4 Å². The van der Waals surface area contributed by atoms with Gasteiger partial charge in [-0.25, -0.2) is 9.59 Å². The number of benzene rings is 3. The number of hydrogen-bond acceptors (Lipinski definition) is 8. The van der Waals surface area contributed by atoms with Crippen molar-refractivity contribution in [1.82, 2.24) is 20.0 Å². The van der Waals surface area contributed by atoms with Gasteiger partial charge in [-0.15, -0.1) is 0 Å². The van der Waals surface area contributed by atoms with Crippen molar-refractivity contribution >= 4 is 63.8 Å². The van der Waals surface area contributed by atoms with Crippen molar-refractivity contribution in [3.05, 3.63) is 81.3 Å². The van der Waals surface area contributed by atoms with E-state index in [4.69, 9.17) is 43.6 Å². The van der Waals surface area contributed by atoms with E-state index in [1.165, 1.54) is 0 Å². The van der Waals surface area contributed by atoms with Crippen molar-refractivity contribution in [3.63, 3.8) is 0 Å². The van der Waals surface area contributed by atoms with Crippen LogP contribution in [0.1, 0.15) is 65.9 Å². The Balaban J connectivity index is 0.000000428. The van der Waals surface area contributed by atoms with E-state index in [0.29, 0.717) is 33.8 Å².